The zero-order valence-electron chi connectivity index (χ0n) is 6.93. The van der Waals surface area contributed by atoms with Crippen LogP contribution in [0.25, 0.3) is 0 Å². The number of nitrogens with zero attached hydrogens (tertiary/aromatic N) is 1. The molecule has 3 heteroatoms. The van der Waals surface area contributed by atoms with Gasteiger partial charge in [0, 0.05) is 21.7 Å². The topological polar surface area (TPSA) is 12.9 Å². The lowest BCUT2D eigenvalue weighted by atomic mass is 10.1. The van der Waals surface area contributed by atoms with Gasteiger partial charge in [0.25, 0.3) is 0 Å². The van der Waals surface area contributed by atoms with Crippen molar-refractivity contribution in [2.24, 2.45) is 0 Å². The van der Waals surface area contributed by atoms with Crippen molar-refractivity contribution < 1.29 is 0 Å². The largest absolute Gasteiger partial charge is 0.263 e. The van der Waals surface area contributed by atoms with Gasteiger partial charge in [-0.15, -0.1) is 0 Å². The number of alkyl halides is 1. The van der Waals surface area contributed by atoms with Gasteiger partial charge in [-0.25, -0.2) is 0 Å². The van der Waals surface area contributed by atoms with Gasteiger partial charge in [-0.2, -0.15) is 0 Å². The van der Waals surface area contributed by atoms with Crippen LogP contribution in [0, 0.1) is 0 Å². The fourth-order valence-electron chi connectivity index (χ4n) is 0.958. The SMILES string of the molecule is CC(Br)CCc1cncc(Br)c1. The van der Waals surface area contributed by atoms with Crippen LogP contribution in [0.15, 0.2) is 22.9 Å². The van der Waals surface area contributed by atoms with Gasteiger partial charge < -0.3 is 0 Å². The maximum absolute atomic E-state index is 4.10. The van der Waals surface area contributed by atoms with Gasteiger partial charge in [-0.3, -0.25) is 4.98 Å². The second-order valence-corrected chi connectivity index (χ2v) is 5.31. The second-order valence-electron chi connectivity index (χ2n) is 2.83. The van der Waals surface area contributed by atoms with Crippen LogP contribution < -0.4 is 0 Å². The van der Waals surface area contributed by atoms with Crippen LogP contribution in [0.2, 0.25) is 0 Å². The molecule has 1 aromatic heterocycles. The second kappa shape index (κ2) is 4.97. The van der Waals surface area contributed by atoms with E-state index in [9.17, 15) is 0 Å². The van der Waals surface area contributed by atoms with Gasteiger partial charge in [0.2, 0.25) is 0 Å². The molecule has 1 nitrogen and oxygen atoms in total. The predicted molar refractivity (Wildman–Crippen MR) is 58.6 cm³/mol. The standard InChI is InChI=1S/C9H11Br2N/c1-7(10)2-3-8-4-9(11)6-12-5-8/h4-7H,2-3H2,1H3. The van der Waals surface area contributed by atoms with E-state index in [-0.39, 0.29) is 0 Å². The lowest BCUT2D eigenvalue weighted by molar-refractivity contribution is 0.818. The molecule has 0 aromatic carbocycles. The summed E-state index contributed by atoms with van der Waals surface area (Å²) >= 11 is 6.91. The monoisotopic (exact) mass is 291 g/mol. The third-order valence-electron chi connectivity index (χ3n) is 1.59. The summed E-state index contributed by atoms with van der Waals surface area (Å²) in [5, 5.41) is 0. The van der Waals surface area contributed by atoms with Gasteiger partial charge >= 0.3 is 0 Å². The summed E-state index contributed by atoms with van der Waals surface area (Å²) in [6, 6.07) is 2.11. The van der Waals surface area contributed by atoms with Crippen molar-refractivity contribution in [2.75, 3.05) is 0 Å². The van der Waals surface area contributed by atoms with Gasteiger partial charge in [-0.05, 0) is 40.4 Å². The first-order valence-corrected chi connectivity index (χ1v) is 5.63. The number of aryl methyl sites for hydroxylation is 1. The molecule has 1 unspecified atom stereocenters. The van der Waals surface area contributed by atoms with Crippen molar-refractivity contribution >= 4 is 31.9 Å². The van der Waals surface area contributed by atoms with E-state index in [1.165, 1.54) is 5.56 Å². The van der Waals surface area contributed by atoms with Gasteiger partial charge in [0.15, 0.2) is 0 Å². The summed E-state index contributed by atoms with van der Waals surface area (Å²) in [5.74, 6) is 0. The minimum absolute atomic E-state index is 0.580. The van der Waals surface area contributed by atoms with Crippen molar-refractivity contribution in [3.05, 3.63) is 28.5 Å². The maximum atomic E-state index is 4.10. The van der Waals surface area contributed by atoms with Crippen molar-refractivity contribution in [3.63, 3.8) is 0 Å². The highest BCUT2D eigenvalue weighted by atomic mass is 79.9. The fourth-order valence-corrected chi connectivity index (χ4v) is 1.60. The summed E-state index contributed by atoms with van der Waals surface area (Å²) in [7, 11) is 0. The number of halogens is 2. The Morgan fingerprint density at radius 1 is 1.50 bits per heavy atom. The molecule has 66 valence electrons. The van der Waals surface area contributed by atoms with Gasteiger partial charge in [-0.1, -0.05) is 22.9 Å². The number of hydrogen-bond donors (Lipinski definition) is 0. The van der Waals surface area contributed by atoms with E-state index in [4.69, 9.17) is 0 Å². The Balaban J connectivity index is 2.52. The number of hydrogen-bond acceptors (Lipinski definition) is 1. The summed E-state index contributed by atoms with van der Waals surface area (Å²) in [6.45, 7) is 2.16. The number of pyridine rings is 1. The third kappa shape index (κ3) is 3.68. The first-order valence-electron chi connectivity index (χ1n) is 3.92. The van der Waals surface area contributed by atoms with Crippen LogP contribution in [0.1, 0.15) is 18.9 Å². The highest BCUT2D eigenvalue weighted by Crippen LogP contribution is 2.13. The molecular formula is C9H11Br2N. The molecule has 0 amide bonds. The third-order valence-corrected chi connectivity index (χ3v) is 2.48. The van der Waals surface area contributed by atoms with E-state index in [0.29, 0.717) is 4.83 Å². The molecule has 1 heterocycles. The van der Waals surface area contributed by atoms with Crippen molar-refractivity contribution in [2.45, 2.75) is 24.6 Å². The molecule has 0 aliphatic carbocycles. The normalized spacial score (nSPS) is 12.9. The molecule has 0 fully saturated rings. The first-order chi connectivity index (χ1) is 5.68. The molecule has 0 radical (unpaired) electrons. The van der Waals surface area contributed by atoms with E-state index >= 15 is 0 Å². The Labute approximate surface area is 89.8 Å². The van der Waals surface area contributed by atoms with Gasteiger partial charge in [0.05, 0.1) is 0 Å². The number of aromatic nitrogens is 1. The number of rotatable bonds is 3. The van der Waals surface area contributed by atoms with E-state index in [1.54, 1.807) is 6.20 Å². The molecule has 0 aliphatic rings. The molecule has 1 atom stereocenters. The molecule has 0 bridgehead atoms. The Hall–Kier alpha value is 0.110. The highest BCUT2D eigenvalue weighted by molar-refractivity contribution is 9.10. The van der Waals surface area contributed by atoms with Crippen molar-refractivity contribution in [1.29, 1.82) is 0 Å². The Morgan fingerprint density at radius 2 is 2.25 bits per heavy atom. The fraction of sp³-hybridized carbons (Fsp3) is 0.444. The lowest BCUT2D eigenvalue weighted by Crippen LogP contribution is -1.94. The zero-order chi connectivity index (χ0) is 8.97. The van der Waals surface area contributed by atoms with E-state index < -0.39 is 0 Å². The Morgan fingerprint density at radius 3 is 2.83 bits per heavy atom. The maximum Gasteiger partial charge on any atom is 0.0410 e. The average Bonchev–Trinajstić information content (AvgIpc) is 2.01. The smallest absolute Gasteiger partial charge is 0.0410 e. The molecular weight excluding hydrogens is 282 g/mol. The van der Waals surface area contributed by atoms with Crippen LogP contribution in [0.4, 0.5) is 0 Å². The van der Waals surface area contributed by atoms with E-state index in [0.717, 1.165) is 17.3 Å². The lowest BCUT2D eigenvalue weighted by Gasteiger charge is -2.02. The molecule has 0 aliphatic heterocycles. The molecule has 0 saturated carbocycles. The van der Waals surface area contributed by atoms with Crippen LogP contribution in [-0.4, -0.2) is 9.81 Å². The zero-order valence-corrected chi connectivity index (χ0v) is 10.1. The quantitative estimate of drug-likeness (QED) is 0.776. The summed E-state index contributed by atoms with van der Waals surface area (Å²) in [6.07, 6.45) is 5.96. The average molecular weight is 293 g/mol. The predicted octanol–water partition coefficient (Wildman–Crippen LogP) is 3.56. The van der Waals surface area contributed by atoms with E-state index in [1.807, 2.05) is 6.20 Å². The Bertz CT molecular complexity index is 248. The minimum atomic E-state index is 0.580. The summed E-state index contributed by atoms with van der Waals surface area (Å²) in [4.78, 5) is 4.68. The van der Waals surface area contributed by atoms with E-state index in [2.05, 4.69) is 49.8 Å². The molecule has 1 aromatic rings. The molecule has 1 rings (SSSR count). The summed E-state index contributed by atoms with van der Waals surface area (Å²) < 4.78 is 1.06. The van der Waals surface area contributed by atoms with Gasteiger partial charge in [0.1, 0.15) is 0 Å². The van der Waals surface area contributed by atoms with Crippen LogP contribution in [0.3, 0.4) is 0 Å². The molecule has 0 saturated heterocycles. The van der Waals surface area contributed by atoms with Crippen LogP contribution in [-0.2, 0) is 6.42 Å². The molecule has 0 spiro atoms. The molecule has 0 N–H and O–H groups in total. The van der Waals surface area contributed by atoms with Crippen LogP contribution >= 0.6 is 31.9 Å². The van der Waals surface area contributed by atoms with Crippen molar-refractivity contribution in [1.82, 2.24) is 4.98 Å². The minimum Gasteiger partial charge on any atom is -0.263 e. The summed E-state index contributed by atoms with van der Waals surface area (Å²) in [5.41, 5.74) is 1.29. The highest BCUT2D eigenvalue weighted by Gasteiger charge is 1.98. The van der Waals surface area contributed by atoms with Crippen molar-refractivity contribution in [3.8, 4) is 0 Å². The molecule has 12 heavy (non-hydrogen) atoms. The van der Waals surface area contributed by atoms with Crippen LogP contribution in [0.5, 0.6) is 0 Å². The Kier molecular flexibility index (Phi) is 4.22. The first kappa shape index (κ1) is 10.2.